The van der Waals surface area contributed by atoms with Gasteiger partial charge in [-0.3, -0.25) is 8.99 Å². The van der Waals surface area contributed by atoms with Gasteiger partial charge in [-0.05, 0) is 49.4 Å². The Hall–Kier alpha value is -3.39. The van der Waals surface area contributed by atoms with E-state index in [-0.39, 0.29) is 4.90 Å². The Morgan fingerprint density at radius 1 is 1.00 bits per heavy atom. The fraction of sp³-hybridized carbons (Fsp3) is 0.143. The summed E-state index contributed by atoms with van der Waals surface area (Å²) in [6.07, 6.45) is 1.36. The predicted molar refractivity (Wildman–Crippen MR) is 112 cm³/mol. The van der Waals surface area contributed by atoms with Crippen molar-refractivity contribution in [3.8, 4) is 11.5 Å². The molecule has 148 valence electrons. The summed E-state index contributed by atoms with van der Waals surface area (Å²) in [6.45, 7) is 1.83. The molecular weight excluding hydrogens is 388 g/mol. The van der Waals surface area contributed by atoms with Gasteiger partial charge in [0.15, 0.2) is 5.65 Å². The van der Waals surface area contributed by atoms with Crippen molar-refractivity contribution in [2.45, 2.75) is 11.8 Å². The lowest BCUT2D eigenvalue weighted by molar-refractivity contribution is 0.482. The molecule has 2 aromatic heterocycles. The Kier molecular flexibility index (Phi) is 4.71. The maximum absolute atomic E-state index is 13.1. The van der Waals surface area contributed by atoms with E-state index in [0.717, 1.165) is 5.69 Å². The lowest BCUT2D eigenvalue weighted by Gasteiger charge is -2.19. The van der Waals surface area contributed by atoms with Gasteiger partial charge in [-0.1, -0.05) is 18.2 Å². The monoisotopic (exact) mass is 408 g/mol. The highest BCUT2D eigenvalue weighted by Crippen LogP contribution is 2.28. The molecule has 0 bridgehead atoms. The highest BCUT2D eigenvalue weighted by atomic mass is 32.2. The quantitative estimate of drug-likeness (QED) is 0.501. The lowest BCUT2D eigenvalue weighted by atomic mass is 10.3. The van der Waals surface area contributed by atoms with Gasteiger partial charge in [0.1, 0.15) is 16.4 Å². The maximum atomic E-state index is 13.1. The molecule has 2 aromatic carbocycles. The second kappa shape index (κ2) is 7.21. The minimum absolute atomic E-state index is 0.119. The molecule has 0 aliphatic rings. The number of aryl methyl sites for hydroxylation is 2. The molecule has 0 aliphatic heterocycles. The van der Waals surface area contributed by atoms with Gasteiger partial charge in [-0.15, -0.1) is 0 Å². The van der Waals surface area contributed by atoms with Crippen molar-refractivity contribution in [1.82, 2.24) is 14.8 Å². The zero-order valence-corrected chi connectivity index (χ0v) is 17.1. The van der Waals surface area contributed by atoms with Gasteiger partial charge >= 0.3 is 0 Å². The van der Waals surface area contributed by atoms with Crippen LogP contribution in [0.25, 0.3) is 11.0 Å². The van der Waals surface area contributed by atoms with Crippen LogP contribution in [-0.2, 0) is 17.1 Å². The molecule has 29 heavy (non-hydrogen) atoms. The van der Waals surface area contributed by atoms with E-state index in [2.05, 4.69) is 10.1 Å². The van der Waals surface area contributed by atoms with E-state index >= 15 is 0 Å². The van der Waals surface area contributed by atoms with Crippen LogP contribution >= 0.6 is 0 Å². The van der Waals surface area contributed by atoms with E-state index in [0.29, 0.717) is 28.2 Å². The third-order valence-corrected chi connectivity index (χ3v) is 6.43. The fourth-order valence-electron chi connectivity index (χ4n) is 3.08. The smallest absolute Gasteiger partial charge is 0.265 e. The molecule has 7 nitrogen and oxygen atoms in total. The Morgan fingerprint density at radius 2 is 1.66 bits per heavy atom. The second-order valence-corrected chi connectivity index (χ2v) is 8.60. The minimum Gasteiger partial charge on any atom is -0.457 e. The van der Waals surface area contributed by atoms with E-state index in [1.54, 1.807) is 42.1 Å². The molecule has 0 N–H and O–H groups in total. The minimum atomic E-state index is -3.77. The summed E-state index contributed by atoms with van der Waals surface area (Å²) < 4.78 is 34.8. The fourth-order valence-corrected chi connectivity index (χ4v) is 4.24. The summed E-state index contributed by atoms with van der Waals surface area (Å²) in [7, 11) is -0.474. The van der Waals surface area contributed by atoms with E-state index in [9.17, 15) is 8.42 Å². The normalized spacial score (nSPS) is 11.6. The lowest BCUT2D eigenvalue weighted by Crippen LogP contribution is -2.26. The maximum Gasteiger partial charge on any atom is 0.265 e. The number of fused-ring (bicyclic) bond motifs is 1. The number of para-hydroxylation sites is 1. The van der Waals surface area contributed by atoms with Crippen LogP contribution < -0.4 is 9.04 Å². The van der Waals surface area contributed by atoms with Crippen molar-refractivity contribution < 1.29 is 13.2 Å². The van der Waals surface area contributed by atoms with Gasteiger partial charge in [0.2, 0.25) is 0 Å². The van der Waals surface area contributed by atoms with Crippen LogP contribution in [0, 0.1) is 6.92 Å². The van der Waals surface area contributed by atoms with Crippen LogP contribution in [0.4, 0.5) is 5.69 Å². The first kappa shape index (κ1) is 18.9. The first-order valence-electron chi connectivity index (χ1n) is 8.97. The summed E-state index contributed by atoms with van der Waals surface area (Å²) in [6, 6.07) is 17.9. The van der Waals surface area contributed by atoms with Crippen LogP contribution in [-0.4, -0.2) is 30.2 Å². The molecule has 0 saturated heterocycles. The van der Waals surface area contributed by atoms with E-state index < -0.39 is 10.0 Å². The van der Waals surface area contributed by atoms with Gasteiger partial charge in [0, 0.05) is 25.7 Å². The van der Waals surface area contributed by atoms with Gasteiger partial charge < -0.3 is 4.74 Å². The van der Waals surface area contributed by atoms with Gasteiger partial charge in [0.25, 0.3) is 10.0 Å². The molecule has 4 aromatic rings. The average molecular weight is 408 g/mol. The van der Waals surface area contributed by atoms with Crippen LogP contribution in [0.5, 0.6) is 11.5 Å². The molecule has 0 fully saturated rings. The molecule has 0 atom stereocenters. The SMILES string of the molecule is Cc1nn(C)c2ncc(S(=O)(=O)N(C)c3ccc(Oc4ccccc4)cc3)cc12. The number of hydrogen-bond acceptors (Lipinski definition) is 5. The van der Waals surface area contributed by atoms with Crippen LogP contribution in [0.2, 0.25) is 0 Å². The van der Waals surface area contributed by atoms with Gasteiger partial charge in [-0.25, -0.2) is 13.4 Å². The third-order valence-electron chi connectivity index (χ3n) is 4.68. The summed E-state index contributed by atoms with van der Waals surface area (Å²) in [5.41, 5.74) is 1.90. The topological polar surface area (TPSA) is 77.3 Å². The Bertz CT molecular complexity index is 1270. The predicted octanol–water partition coefficient (Wildman–Crippen LogP) is 3.89. The highest BCUT2D eigenvalue weighted by molar-refractivity contribution is 7.92. The van der Waals surface area contributed by atoms with E-state index in [1.807, 2.05) is 37.3 Å². The molecule has 0 amide bonds. The van der Waals surface area contributed by atoms with E-state index in [4.69, 9.17) is 4.74 Å². The number of sulfonamides is 1. The number of benzene rings is 2. The third kappa shape index (κ3) is 3.54. The Balaban J connectivity index is 1.61. The molecule has 2 heterocycles. The number of ether oxygens (including phenoxy) is 1. The zero-order valence-electron chi connectivity index (χ0n) is 16.3. The molecule has 0 saturated carbocycles. The first-order valence-corrected chi connectivity index (χ1v) is 10.4. The number of rotatable bonds is 5. The van der Waals surface area contributed by atoms with Crippen molar-refractivity contribution >= 4 is 26.7 Å². The van der Waals surface area contributed by atoms with Crippen LogP contribution in [0.15, 0.2) is 71.8 Å². The standard InChI is InChI=1S/C21H20N4O3S/c1-15-20-13-19(14-22-21(20)24(2)23-15)29(26,27)25(3)16-9-11-18(12-10-16)28-17-7-5-4-6-8-17/h4-14H,1-3H3. The number of anilines is 1. The number of hydrogen-bond donors (Lipinski definition) is 0. The van der Waals surface area contributed by atoms with Crippen molar-refractivity contribution in [3.05, 3.63) is 72.6 Å². The summed E-state index contributed by atoms with van der Waals surface area (Å²) in [5, 5.41) is 5.01. The molecule has 4 rings (SSSR count). The van der Waals surface area contributed by atoms with Crippen LogP contribution in [0.1, 0.15) is 5.69 Å². The van der Waals surface area contributed by atoms with E-state index in [1.165, 1.54) is 17.5 Å². The van der Waals surface area contributed by atoms with Crippen molar-refractivity contribution in [1.29, 1.82) is 0 Å². The second-order valence-electron chi connectivity index (χ2n) is 6.63. The van der Waals surface area contributed by atoms with Crippen molar-refractivity contribution in [2.24, 2.45) is 7.05 Å². The number of nitrogens with zero attached hydrogens (tertiary/aromatic N) is 4. The highest BCUT2D eigenvalue weighted by Gasteiger charge is 2.23. The molecule has 0 aliphatic carbocycles. The summed E-state index contributed by atoms with van der Waals surface area (Å²) in [5.74, 6) is 1.34. The van der Waals surface area contributed by atoms with Crippen molar-refractivity contribution in [2.75, 3.05) is 11.4 Å². The van der Waals surface area contributed by atoms with Crippen molar-refractivity contribution in [3.63, 3.8) is 0 Å². The molecule has 8 heteroatoms. The van der Waals surface area contributed by atoms with Crippen LogP contribution in [0.3, 0.4) is 0 Å². The molecule has 0 unspecified atom stereocenters. The summed E-state index contributed by atoms with van der Waals surface area (Å²) in [4.78, 5) is 4.40. The van der Waals surface area contributed by atoms with Gasteiger partial charge in [0.05, 0.1) is 11.4 Å². The summed E-state index contributed by atoms with van der Waals surface area (Å²) >= 11 is 0. The molecule has 0 radical (unpaired) electrons. The largest absolute Gasteiger partial charge is 0.457 e. The Morgan fingerprint density at radius 3 is 2.34 bits per heavy atom. The Labute approximate surface area is 169 Å². The molecule has 0 spiro atoms. The zero-order chi connectivity index (χ0) is 20.6. The number of pyridine rings is 1. The average Bonchev–Trinajstić information content (AvgIpc) is 3.02. The molecular formula is C21H20N4O3S. The first-order chi connectivity index (χ1) is 13.9. The van der Waals surface area contributed by atoms with Gasteiger partial charge in [-0.2, -0.15) is 5.10 Å². The number of aromatic nitrogens is 3.